The van der Waals surface area contributed by atoms with Crippen molar-refractivity contribution in [2.45, 2.75) is 13.0 Å². The number of aromatic nitrogens is 1. The Labute approximate surface area is 114 Å². The lowest BCUT2D eigenvalue weighted by Gasteiger charge is -2.25. The zero-order valence-corrected chi connectivity index (χ0v) is 11.1. The molecule has 2 aromatic rings. The van der Waals surface area contributed by atoms with Gasteiger partial charge in [-0.3, -0.25) is 10.1 Å². The summed E-state index contributed by atoms with van der Waals surface area (Å²) in [4.78, 5) is 17.2. The highest BCUT2D eigenvalue weighted by molar-refractivity contribution is 7.15. The third kappa shape index (κ3) is 2.53. The Morgan fingerprint density at radius 3 is 2.95 bits per heavy atom. The second-order valence-corrected chi connectivity index (χ2v) is 5.36. The van der Waals surface area contributed by atoms with Crippen LogP contribution < -0.4 is 14.8 Å². The Bertz CT molecular complexity index is 611. The summed E-state index contributed by atoms with van der Waals surface area (Å²) in [6, 6.07) is 7.30. The van der Waals surface area contributed by atoms with Crippen LogP contribution in [0.4, 0.5) is 5.13 Å². The standard InChI is InChI=1S/C13H12N2O3S/c1-8-6-14-13(19-8)15-12(16)11-7-17-9-4-2-3-5-10(9)18-11/h2-6,11H,7H2,1H3,(H,14,15,16)/t11-/m1/s1. The van der Waals surface area contributed by atoms with Crippen molar-refractivity contribution >= 4 is 22.4 Å². The first-order valence-corrected chi connectivity index (χ1v) is 6.66. The number of nitrogens with one attached hydrogen (secondary N) is 1. The number of carbonyl (C=O) groups excluding carboxylic acids is 1. The Hall–Kier alpha value is -2.08. The van der Waals surface area contributed by atoms with Gasteiger partial charge >= 0.3 is 0 Å². The van der Waals surface area contributed by atoms with E-state index in [4.69, 9.17) is 9.47 Å². The first-order valence-electron chi connectivity index (χ1n) is 5.84. The van der Waals surface area contributed by atoms with Crippen LogP contribution in [-0.4, -0.2) is 23.6 Å². The fourth-order valence-corrected chi connectivity index (χ4v) is 2.41. The van der Waals surface area contributed by atoms with Crippen LogP contribution >= 0.6 is 11.3 Å². The van der Waals surface area contributed by atoms with Gasteiger partial charge in [-0.2, -0.15) is 0 Å². The molecule has 0 saturated heterocycles. The molecule has 0 saturated carbocycles. The molecule has 3 rings (SSSR count). The van der Waals surface area contributed by atoms with Gasteiger partial charge in [0.1, 0.15) is 6.61 Å². The lowest BCUT2D eigenvalue weighted by atomic mass is 10.2. The summed E-state index contributed by atoms with van der Waals surface area (Å²) in [6.07, 6.45) is 1.06. The number of nitrogens with zero attached hydrogens (tertiary/aromatic N) is 1. The molecule has 1 atom stereocenters. The van der Waals surface area contributed by atoms with E-state index in [1.165, 1.54) is 11.3 Å². The number of ether oxygens (including phenoxy) is 2. The molecule has 1 aliphatic rings. The summed E-state index contributed by atoms with van der Waals surface area (Å²) in [6.45, 7) is 2.14. The quantitative estimate of drug-likeness (QED) is 0.913. The number of aryl methyl sites for hydroxylation is 1. The molecule has 0 aliphatic carbocycles. The van der Waals surface area contributed by atoms with Crippen LogP contribution in [0.1, 0.15) is 4.88 Å². The van der Waals surface area contributed by atoms with E-state index in [1.807, 2.05) is 25.1 Å². The molecule has 1 aromatic carbocycles. The number of para-hydroxylation sites is 2. The minimum Gasteiger partial charge on any atom is -0.485 e. The van der Waals surface area contributed by atoms with Crippen molar-refractivity contribution in [3.05, 3.63) is 35.3 Å². The van der Waals surface area contributed by atoms with Crippen LogP contribution in [0.3, 0.4) is 0 Å². The zero-order valence-electron chi connectivity index (χ0n) is 10.3. The van der Waals surface area contributed by atoms with Crippen LogP contribution in [0, 0.1) is 6.92 Å². The normalized spacial score (nSPS) is 17.0. The minimum absolute atomic E-state index is 0.202. The van der Waals surface area contributed by atoms with E-state index in [0.717, 1.165) is 4.88 Å². The summed E-state index contributed by atoms with van der Waals surface area (Å²) < 4.78 is 11.1. The number of thiazole rings is 1. The molecule has 0 fully saturated rings. The molecule has 5 nitrogen and oxygen atoms in total. The van der Waals surface area contributed by atoms with Gasteiger partial charge in [-0.1, -0.05) is 12.1 Å². The van der Waals surface area contributed by atoms with Gasteiger partial charge in [-0.05, 0) is 19.1 Å². The molecule has 1 N–H and O–H groups in total. The molecule has 98 valence electrons. The molecule has 1 amide bonds. The first kappa shape index (κ1) is 12.0. The van der Waals surface area contributed by atoms with E-state index < -0.39 is 6.10 Å². The van der Waals surface area contributed by atoms with E-state index >= 15 is 0 Å². The molecule has 2 heterocycles. The maximum absolute atomic E-state index is 12.0. The lowest BCUT2D eigenvalue weighted by Crippen LogP contribution is -2.40. The average molecular weight is 276 g/mol. The number of anilines is 1. The Morgan fingerprint density at radius 2 is 2.21 bits per heavy atom. The molecule has 19 heavy (non-hydrogen) atoms. The van der Waals surface area contributed by atoms with E-state index in [-0.39, 0.29) is 12.5 Å². The van der Waals surface area contributed by atoms with Gasteiger partial charge < -0.3 is 9.47 Å². The van der Waals surface area contributed by atoms with E-state index in [0.29, 0.717) is 16.6 Å². The summed E-state index contributed by atoms with van der Waals surface area (Å²) in [5.74, 6) is 1.00. The van der Waals surface area contributed by atoms with Crippen LogP contribution in [0.25, 0.3) is 0 Å². The second kappa shape index (κ2) is 4.89. The van der Waals surface area contributed by atoms with Crippen LogP contribution in [0.2, 0.25) is 0 Å². The highest BCUT2D eigenvalue weighted by Gasteiger charge is 2.27. The highest BCUT2D eigenvalue weighted by atomic mass is 32.1. The van der Waals surface area contributed by atoms with E-state index in [2.05, 4.69) is 10.3 Å². The Kier molecular flexibility index (Phi) is 3.08. The van der Waals surface area contributed by atoms with Gasteiger partial charge in [0, 0.05) is 11.1 Å². The third-order valence-corrected chi connectivity index (χ3v) is 3.48. The van der Waals surface area contributed by atoms with Gasteiger partial charge in [0.25, 0.3) is 5.91 Å². The molecule has 1 aliphatic heterocycles. The molecular weight excluding hydrogens is 264 g/mol. The number of hydrogen-bond donors (Lipinski definition) is 1. The maximum atomic E-state index is 12.0. The molecule has 1 aromatic heterocycles. The number of rotatable bonds is 2. The van der Waals surface area contributed by atoms with Crippen molar-refractivity contribution in [2.24, 2.45) is 0 Å². The molecule has 0 radical (unpaired) electrons. The van der Waals surface area contributed by atoms with Crippen molar-refractivity contribution in [3.8, 4) is 11.5 Å². The summed E-state index contributed by atoms with van der Waals surface area (Å²) >= 11 is 1.43. The van der Waals surface area contributed by atoms with Gasteiger partial charge in [-0.25, -0.2) is 4.98 Å². The Balaban J connectivity index is 1.69. The fraction of sp³-hybridized carbons (Fsp3) is 0.231. The Morgan fingerprint density at radius 1 is 1.42 bits per heavy atom. The van der Waals surface area contributed by atoms with Crippen LogP contribution in [0.5, 0.6) is 11.5 Å². The van der Waals surface area contributed by atoms with E-state index in [9.17, 15) is 4.79 Å². The van der Waals surface area contributed by atoms with Gasteiger partial charge in [0.05, 0.1) is 0 Å². The van der Waals surface area contributed by atoms with Crippen LogP contribution in [0.15, 0.2) is 30.5 Å². The summed E-state index contributed by atoms with van der Waals surface area (Å²) in [7, 11) is 0. The van der Waals surface area contributed by atoms with Gasteiger partial charge in [-0.15, -0.1) is 11.3 Å². The van der Waals surface area contributed by atoms with Crippen molar-refractivity contribution in [1.29, 1.82) is 0 Å². The number of fused-ring (bicyclic) bond motifs is 1. The number of carbonyl (C=O) groups is 1. The molecule has 0 unspecified atom stereocenters. The van der Waals surface area contributed by atoms with E-state index in [1.54, 1.807) is 12.3 Å². The van der Waals surface area contributed by atoms with Crippen molar-refractivity contribution in [3.63, 3.8) is 0 Å². The average Bonchev–Trinajstić information content (AvgIpc) is 2.83. The highest BCUT2D eigenvalue weighted by Crippen LogP contribution is 2.31. The molecule has 0 spiro atoms. The SMILES string of the molecule is Cc1cnc(NC(=O)[C@H]2COc3ccccc3O2)s1. The zero-order chi connectivity index (χ0) is 13.2. The molecule has 0 bridgehead atoms. The second-order valence-electron chi connectivity index (χ2n) is 4.13. The molecular formula is C13H12N2O3S. The maximum Gasteiger partial charge on any atom is 0.270 e. The van der Waals surface area contributed by atoms with Gasteiger partial charge in [0.2, 0.25) is 6.10 Å². The smallest absolute Gasteiger partial charge is 0.270 e. The van der Waals surface area contributed by atoms with Crippen LogP contribution in [-0.2, 0) is 4.79 Å². The molecule has 6 heteroatoms. The predicted octanol–water partition coefficient (Wildman–Crippen LogP) is 2.23. The van der Waals surface area contributed by atoms with Crippen molar-refractivity contribution < 1.29 is 14.3 Å². The topological polar surface area (TPSA) is 60.5 Å². The number of amides is 1. The lowest BCUT2D eigenvalue weighted by molar-refractivity contribution is -0.125. The largest absolute Gasteiger partial charge is 0.485 e. The van der Waals surface area contributed by atoms with Crippen molar-refractivity contribution in [2.75, 3.05) is 11.9 Å². The van der Waals surface area contributed by atoms with Gasteiger partial charge in [0.15, 0.2) is 16.6 Å². The minimum atomic E-state index is -0.654. The first-order chi connectivity index (χ1) is 9.22. The monoisotopic (exact) mass is 276 g/mol. The summed E-state index contributed by atoms with van der Waals surface area (Å²) in [5, 5.41) is 3.30. The van der Waals surface area contributed by atoms with Crippen molar-refractivity contribution in [1.82, 2.24) is 4.98 Å². The number of hydrogen-bond acceptors (Lipinski definition) is 5. The summed E-state index contributed by atoms with van der Waals surface area (Å²) in [5.41, 5.74) is 0. The number of benzene rings is 1. The predicted molar refractivity (Wildman–Crippen MR) is 71.8 cm³/mol. The fourth-order valence-electron chi connectivity index (χ4n) is 1.75. The third-order valence-electron chi connectivity index (χ3n) is 2.65.